The molecule has 0 fully saturated rings. The molecule has 7 heteroatoms. The summed E-state index contributed by atoms with van der Waals surface area (Å²) in [6, 6.07) is 20.8. The molecule has 2 N–H and O–H groups in total. The Kier molecular flexibility index (Phi) is 6.90. The number of carbonyl (C=O) groups is 3. The van der Waals surface area contributed by atoms with Crippen molar-refractivity contribution in [2.45, 2.75) is 13.8 Å². The molecule has 2 amide bonds. The van der Waals surface area contributed by atoms with Crippen LogP contribution < -0.4 is 15.5 Å². The predicted molar refractivity (Wildman–Crippen MR) is 118 cm³/mol. The third-order valence-electron chi connectivity index (χ3n) is 4.22. The monoisotopic (exact) mass is 415 g/mol. The minimum absolute atomic E-state index is 0.332. The van der Waals surface area contributed by atoms with Gasteiger partial charge in [-0.3, -0.25) is 9.59 Å². The van der Waals surface area contributed by atoms with E-state index in [0.717, 1.165) is 11.1 Å². The van der Waals surface area contributed by atoms with Crippen LogP contribution in [0.5, 0.6) is 5.75 Å². The fourth-order valence-electron chi connectivity index (χ4n) is 2.64. The molecular formula is C24H21N3O4. The van der Waals surface area contributed by atoms with Crippen molar-refractivity contribution in [1.82, 2.24) is 5.43 Å². The second-order valence-electron chi connectivity index (χ2n) is 6.85. The van der Waals surface area contributed by atoms with Crippen molar-refractivity contribution in [2.75, 3.05) is 5.32 Å². The van der Waals surface area contributed by atoms with Crippen LogP contribution in [0.3, 0.4) is 0 Å². The maximum atomic E-state index is 12.3. The number of rotatable bonds is 5. The first-order valence-electron chi connectivity index (χ1n) is 9.51. The normalized spacial score (nSPS) is 10.5. The summed E-state index contributed by atoms with van der Waals surface area (Å²) in [5.74, 6) is -1.88. The van der Waals surface area contributed by atoms with E-state index in [4.69, 9.17) is 4.74 Å². The van der Waals surface area contributed by atoms with Crippen LogP contribution in [0.15, 0.2) is 77.9 Å². The largest absolute Gasteiger partial charge is 0.423 e. The average molecular weight is 415 g/mol. The quantitative estimate of drug-likeness (QED) is 0.219. The van der Waals surface area contributed by atoms with Crippen LogP contribution >= 0.6 is 0 Å². The van der Waals surface area contributed by atoms with E-state index in [1.54, 1.807) is 54.6 Å². The number of hydrogen-bond donors (Lipinski definition) is 2. The lowest BCUT2D eigenvalue weighted by atomic mass is 10.1. The standard InChI is InChI=1S/C24H21N3O4/c1-16-9-11-20(12-10-16)26-22(28)23(29)27-25-15-18-6-4-8-21(14-18)31-24(30)19-7-3-5-17(2)13-19/h3-15H,1-2H3,(H,26,28)(H,27,29). The fourth-order valence-corrected chi connectivity index (χ4v) is 2.64. The van der Waals surface area contributed by atoms with Crippen LogP contribution in [0.4, 0.5) is 5.69 Å². The highest BCUT2D eigenvalue weighted by Crippen LogP contribution is 2.15. The van der Waals surface area contributed by atoms with Crippen LogP contribution in [-0.2, 0) is 9.59 Å². The van der Waals surface area contributed by atoms with Crippen molar-refractivity contribution < 1.29 is 19.1 Å². The van der Waals surface area contributed by atoms with Gasteiger partial charge in [0.1, 0.15) is 5.75 Å². The van der Waals surface area contributed by atoms with E-state index in [9.17, 15) is 14.4 Å². The van der Waals surface area contributed by atoms with Crippen molar-refractivity contribution in [3.05, 3.63) is 95.1 Å². The maximum absolute atomic E-state index is 12.3. The lowest BCUT2D eigenvalue weighted by Gasteiger charge is -2.06. The van der Waals surface area contributed by atoms with Gasteiger partial charge in [0.2, 0.25) is 0 Å². The third-order valence-corrected chi connectivity index (χ3v) is 4.22. The van der Waals surface area contributed by atoms with E-state index in [-0.39, 0.29) is 0 Å². The molecule has 0 heterocycles. The number of carbonyl (C=O) groups excluding carboxylic acids is 3. The molecule has 0 saturated carbocycles. The summed E-state index contributed by atoms with van der Waals surface area (Å²) < 4.78 is 5.38. The number of esters is 1. The van der Waals surface area contributed by atoms with Gasteiger partial charge in [-0.15, -0.1) is 0 Å². The SMILES string of the molecule is Cc1ccc(NC(=O)C(=O)NN=Cc2cccc(OC(=O)c3cccc(C)c3)c2)cc1. The summed E-state index contributed by atoms with van der Waals surface area (Å²) in [4.78, 5) is 36.1. The molecule has 0 bridgehead atoms. The molecular weight excluding hydrogens is 394 g/mol. The molecule has 3 rings (SSSR count). The number of hydrazone groups is 1. The molecule has 156 valence electrons. The molecule has 0 saturated heterocycles. The van der Waals surface area contributed by atoms with Gasteiger partial charge in [0, 0.05) is 5.69 Å². The van der Waals surface area contributed by atoms with Gasteiger partial charge in [-0.1, -0.05) is 47.5 Å². The van der Waals surface area contributed by atoms with Gasteiger partial charge in [-0.2, -0.15) is 5.10 Å². The first-order valence-corrected chi connectivity index (χ1v) is 9.51. The van der Waals surface area contributed by atoms with Gasteiger partial charge in [0.15, 0.2) is 0 Å². The molecule has 7 nitrogen and oxygen atoms in total. The topological polar surface area (TPSA) is 96.9 Å². The highest BCUT2D eigenvalue weighted by molar-refractivity contribution is 6.39. The molecule has 3 aromatic carbocycles. The number of anilines is 1. The second-order valence-corrected chi connectivity index (χ2v) is 6.85. The van der Waals surface area contributed by atoms with Gasteiger partial charge >= 0.3 is 17.8 Å². The number of nitrogens with zero attached hydrogens (tertiary/aromatic N) is 1. The number of aryl methyl sites for hydroxylation is 2. The smallest absolute Gasteiger partial charge is 0.343 e. The molecule has 0 aliphatic rings. The van der Waals surface area contributed by atoms with Crippen molar-refractivity contribution in [3.8, 4) is 5.75 Å². The van der Waals surface area contributed by atoms with Crippen LogP contribution in [0.1, 0.15) is 27.0 Å². The molecule has 3 aromatic rings. The van der Waals surface area contributed by atoms with Crippen LogP contribution in [0.25, 0.3) is 0 Å². The summed E-state index contributed by atoms with van der Waals surface area (Å²) in [6.45, 7) is 3.81. The van der Waals surface area contributed by atoms with Crippen LogP contribution in [0.2, 0.25) is 0 Å². The number of amides is 2. The number of nitrogens with one attached hydrogen (secondary N) is 2. The molecule has 31 heavy (non-hydrogen) atoms. The van der Waals surface area contributed by atoms with Crippen molar-refractivity contribution in [2.24, 2.45) is 5.10 Å². The Morgan fingerprint density at radius 3 is 2.32 bits per heavy atom. The molecule has 0 radical (unpaired) electrons. The van der Waals surface area contributed by atoms with E-state index in [1.807, 2.05) is 32.0 Å². The second kappa shape index (κ2) is 9.98. The van der Waals surface area contributed by atoms with E-state index in [0.29, 0.717) is 22.6 Å². The number of benzene rings is 3. The van der Waals surface area contributed by atoms with Crippen LogP contribution in [-0.4, -0.2) is 24.0 Å². The zero-order valence-corrected chi connectivity index (χ0v) is 17.1. The highest BCUT2D eigenvalue weighted by atomic mass is 16.5. The van der Waals surface area contributed by atoms with Gasteiger partial charge < -0.3 is 10.1 Å². The lowest BCUT2D eigenvalue weighted by Crippen LogP contribution is -2.32. The predicted octanol–water partition coefficient (Wildman–Crippen LogP) is 3.61. The summed E-state index contributed by atoms with van der Waals surface area (Å²) in [5.41, 5.74) is 5.70. The fraction of sp³-hybridized carbons (Fsp3) is 0.0833. The Balaban J connectivity index is 1.56. The maximum Gasteiger partial charge on any atom is 0.343 e. The Bertz CT molecular complexity index is 1140. The zero-order valence-electron chi connectivity index (χ0n) is 17.1. The molecule has 0 atom stereocenters. The summed E-state index contributed by atoms with van der Waals surface area (Å²) in [5, 5.41) is 6.27. The molecule has 0 aromatic heterocycles. The van der Waals surface area contributed by atoms with Gasteiger partial charge in [0.05, 0.1) is 11.8 Å². The van der Waals surface area contributed by atoms with Gasteiger partial charge in [-0.05, 0) is 55.8 Å². The molecule has 0 aliphatic heterocycles. The average Bonchev–Trinajstić information content (AvgIpc) is 2.75. The molecule has 0 spiro atoms. The Labute approximate surface area is 179 Å². The number of hydrogen-bond acceptors (Lipinski definition) is 5. The van der Waals surface area contributed by atoms with Crippen molar-refractivity contribution in [3.63, 3.8) is 0 Å². The Morgan fingerprint density at radius 2 is 1.58 bits per heavy atom. The number of ether oxygens (including phenoxy) is 1. The summed E-state index contributed by atoms with van der Waals surface area (Å²) >= 11 is 0. The Hall–Kier alpha value is -4.26. The third kappa shape index (κ3) is 6.37. The van der Waals surface area contributed by atoms with Crippen molar-refractivity contribution >= 4 is 29.7 Å². The molecule has 0 unspecified atom stereocenters. The van der Waals surface area contributed by atoms with E-state index < -0.39 is 17.8 Å². The minimum Gasteiger partial charge on any atom is -0.423 e. The van der Waals surface area contributed by atoms with Crippen molar-refractivity contribution in [1.29, 1.82) is 0 Å². The van der Waals surface area contributed by atoms with E-state index in [1.165, 1.54) is 6.21 Å². The lowest BCUT2D eigenvalue weighted by molar-refractivity contribution is -0.136. The highest BCUT2D eigenvalue weighted by Gasteiger charge is 2.13. The summed E-state index contributed by atoms with van der Waals surface area (Å²) in [6.07, 6.45) is 1.35. The first-order chi connectivity index (χ1) is 14.9. The van der Waals surface area contributed by atoms with Gasteiger partial charge in [0.25, 0.3) is 0 Å². The van der Waals surface area contributed by atoms with Crippen LogP contribution in [0, 0.1) is 13.8 Å². The van der Waals surface area contributed by atoms with Gasteiger partial charge in [-0.25, -0.2) is 10.2 Å². The zero-order chi connectivity index (χ0) is 22.2. The van der Waals surface area contributed by atoms with E-state index in [2.05, 4.69) is 15.8 Å². The minimum atomic E-state index is -0.904. The molecule has 0 aliphatic carbocycles. The van der Waals surface area contributed by atoms with E-state index >= 15 is 0 Å². The Morgan fingerprint density at radius 1 is 0.839 bits per heavy atom. The summed E-state index contributed by atoms with van der Waals surface area (Å²) in [7, 11) is 0. The first kappa shape index (κ1) is 21.4.